The molecule has 1 atom stereocenters. The lowest BCUT2D eigenvalue weighted by molar-refractivity contribution is 0.424. The van der Waals surface area contributed by atoms with Crippen LogP contribution in [0.2, 0.25) is 0 Å². The highest BCUT2D eigenvalue weighted by atomic mass is 32.2. The van der Waals surface area contributed by atoms with Crippen molar-refractivity contribution in [2.45, 2.75) is 45.8 Å². The number of anilines is 1. The Labute approximate surface area is 121 Å². The quantitative estimate of drug-likeness (QED) is 0.921. The summed E-state index contributed by atoms with van der Waals surface area (Å²) < 4.78 is 0. The minimum absolute atomic E-state index is 0.151. The van der Waals surface area contributed by atoms with Gasteiger partial charge in [-0.25, -0.2) is 4.98 Å². The van der Waals surface area contributed by atoms with E-state index in [2.05, 4.69) is 55.0 Å². The first-order chi connectivity index (χ1) is 8.96. The van der Waals surface area contributed by atoms with Gasteiger partial charge >= 0.3 is 0 Å². The summed E-state index contributed by atoms with van der Waals surface area (Å²) in [6.45, 7) is 10.9. The van der Waals surface area contributed by atoms with Crippen LogP contribution in [0.25, 0.3) is 0 Å². The van der Waals surface area contributed by atoms with Crippen molar-refractivity contribution in [2.75, 3.05) is 23.0 Å². The van der Waals surface area contributed by atoms with E-state index < -0.39 is 0 Å². The van der Waals surface area contributed by atoms with Crippen molar-refractivity contribution in [2.24, 2.45) is 0 Å². The SMILES string of the molecule is CC1CSCCN1c1cc(CNC(C)(C)C)ccn1. The molecule has 1 aliphatic heterocycles. The standard InChI is InChI=1S/C15H25N3S/c1-12-11-19-8-7-18(12)14-9-13(5-6-16-14)10-17-15(2,3)4/h5-6,9,12,17H,7-8,10-11H2,1-4H3. The average Bonchev–Trinajstić information content (AvgIpc) is 2.36. The Morgan fingerprint density at radius 3 is 2.95 bits per heavy atom. The molecule has 0 spiro atoms. The molecule has 1 aromatic heterocycles. The fourth-order valence-corrected chi connectivity index (χ4v) is 3.18. The molecular weight excluding hydrogens is 254 g/mol. The predicted molar refractivity (Wildman–Crippen MR) is 85.0 cm³/mol. The Kier molecular flexibility index (Phi) is 4.74. The molecule has 0 aromatic carbocycles. The highest BCUT2D eigenvalue weighted by Gasteiger charge is 2.20. The number of hydrogen-bond donors (Lipinski definition) is 1. The van der Waals surface area contributed by atoms with Crippen LogP contribution in [-0.2, 0) is 6.54 Å². The molecule has 2 heterocycles. The van der Waals surface area contributed by atoms with Gasteiger partial charge in [0.05, 0.1) is 0 Å². The molecule has 0 bridgehead atoms. The van der Waals surface area contributed by atoms with Crippen molar-refractivity contribution in [3.8, 4) is 0 Å². The van der Waals surface area contributed by atoms with Crippen LogP contribution in [0.1, 0.15) is 33.3 Å². The average molecular weight is 279 g/mol. The molecule has 3 nitrogen and oxygen atoms in total. The molecule has 0 saturated carbocycles. The van der Waals surface area contributed by atoms with E-state index in [9.17, 15) is 0 Å². The van der Waals surface area contributed by atoms with Crippen LogP contribution in [-0.4, -0.2) is 34.6 Å². The van der Waals surface area contributed by atoms with Gasteiger partial charge in [-0.2, -0.15) is 11.8 Å². The lowest BCUT2D eigenvalue weighted by atomic mass is 10.1. The molecule has 0 aliphatic carbocycles. The molecule has 19 heavy (non-hydrogen) atoms. The predicted octanol–water partition coefficient (Wildman–Crippen LogP) is 2.91. The van der Waals surface area contributed by atoms with Gasteiger partial charge in [0.15, 0.2) is 0 Å². The van der Waals surface area contributed by atoms with Crippen LogP contribution in [0.4, 0.5) is 5.82 Å². The number of hydrogen-bond acceptors (Lipinski definition) is 4. The van der Waals surface area contributed by atoms with Crippen LogP contribution in [0.3, 0.4) is 0 Å². The lowest BCUT2D eigenvalue weighted by Crippen LogP contribution is -2.41. The van der Waals surface area contributed by atoms with Gasteiger partial charge in [0.1, 0.15) is 5.82 Å². The maximum absolute atomic E-state index is 4.55. The molecule has 1 saturated heterocycles. The van der Waals surface area contributed by atoms with Gasteiger partial charge in [-0.05, 0) is 45.4 Å². The molecular formula is C15H25N3S. The van der Waals surface area contributed by atoms with E-state index in [0.29, 0.717) is 6.04 Å². The number of aromatic nitrogens is 1. The Balaban J connectivity index is 2.06. The third-order valence-electron chi connectivity index (χ3n) is 3.29. The van der Waals surface area contributed by atoms with Crippen molar-refractivity contribution in [3.05, 3.63) is 23.9 Å². The molecule has 0 amide bonds. The third kappa shape index (κ3) is 4.39. The molecule has 1 unspecified atom stereocenters. The van der Waals surface area contributed by atoms with Crippen LogP contribution in [0, 0.1) is 0 Å². The van der Waals surface area contributed by atoms with Gasteiger partial charge in [-0.1, -0.05) is 0 Å². The monoisotopic (exact) mass is 279 g/mol. The molecule has 0 radical (unpaired) electrons. The zero-order chi connectivity index (χ0) is 13.9. The highest BCUT2D eigenvalue weighted by molar-refractivity contribution is 7.99. The summed E-state index contributed by atoms with van der Waals surface area (Å²) >= 11 is 2.04. The first kappa shape index (κ1) is 14.7. The van der Waals surface area contributed by atoms with Crippen molar-refractivity contribution < 1.29 is 0 Å². The smallest absolute Gasteiger partial charge is 0.129 e. The van der Waals surface area contributed by atoms with Gasteiger partial charge in [-0.15, -0.1) is 0 Å². The van der Waals surface area contributed by atoms with Crippen LogP contribution >= 0.6 is 11.8 Å². The Morgan fingerprint density at radius 2 is 2.26 bits per heavy atom. The molecule has 4 heteroatoms. The zero-order valence-electron chi connectivity index (χ0n) is 12.4. The fourth-order valence-electron chi connectivity index (χ4n) is 2.16. The number of pyridine rings is 1. The largest absolute Gasteiger partial charge is 0.352 e. The Hall–Kier alpha value is -0.740. The molecule has 1 fully saturated rings. The summed E-state index contributed by atoms with van der Waals surface area (Å²) in [5.41, 5.74) is 1.46. The van der Waals surface area contributed by atoms with E-state index in [1.54, 1.807) is 0 Å². The van der Waals surface area contributed by atoms with Crippen molar-refractivity contribution in [1.29, 1.82) is 0 Å². The number of thioether (sulfide) groups is 1. The third-order valence-corrected chi connectivity index (χ3v) is 4.48. The molecule has 1 aliphatic rings. The number of nitrogens with one attached hydrogen (secondary N) is 1. The van der Waals surface area contributed by atoms with Gasteiger partial charge in [-0.3, -0.25) is 0 Å². The second kappa shape index (κ2) is 6.14. The molecule has 1 aromatic rings. The van der Waals surface area contributed by atoms with Gasteiger partial charge in [0.25, 0.3) is 0 Å². The Bertz CT molecular complexity index is 414. The minimum atomic E-state index is 0.151. The van der Waals surface area contributed by atoms with E-state index in [-0.39, 0.29) is 5.54 Å². The van der Waals surface area contributed by atoms with E-state index in [1.165, 1.54) is 17.1 Å². The second-order valence-corrected chi connectivity index (χ2v) is 7.39. The van der Waals surface area contributed by atoms with E-state index >= 15 is 0 Å². The second-order valence-electron chi connectivity index (χ2n) is 6.24. The summed E-state index contributed by atoms with van der Waals surface area (Å²) in [5.74, 6) is 3.53. The molecule has 1 N–H and O–H groups in total. The fraction of sp³-hybridized carbons (Fsp3) is 0.667. The summed E-state index contributed by atoms with van der Waals surface area (Å²) in [7, 11) is 0. The van der Waals surface area contributed by atoms with Crippen molar-refractivity contribution in [1.82, 2.24) is 10.3 Å². The number of rotatable bonds is 3. The van der Waals surface area contributed by atoms with Crippen molar-refractivity contribution >= 4 is 17.6 Å². The summed E-state index contributed by atoms with van der Waals surface area (Å²) in [6.07, 6.45) is 1.93. The van der Waals surface area contributed by atoms with E-state index in [0.717, 1.165) is 18.9 Å². The maximum Gasteiger partial charge on any atom is 0.129 e. The minimum Gasteiger partial charge on any atom is -0.352 e. The molecule has 106 valence electrons. The normalized spacial score (nSPS) is 20.6. The zero-order valence-corrected chi connectivity index (χ0v) is 13.3. The van der Waals surface area contributed by atoms with E-state index in [1.807, 2.05) is 18.0 Å². The summed E-state index contributed by atoms with van der Waals surface area (Å²) in [5, 5.41) is 3.53. The van der Waals surface area contributed by atoms with Gasteiger partial charge in [0, 0.05) is 42.4 Å². The summed E-state index contributed by atoms with van der Waals surface area (Å²) in [4.78, 5) is 6.97. The summed E-state index contributed by atoms with van der Waals surface area (Å²) in [6, 6.07) is 4.91. The first-order valence-corrected chi connectivity index (χ1v) is 8.15. The van der Waals surface area contributed by atoms with Crippen LogP contribution < -0.4 is 10.2 Å². The number of nitrogens with zero attached hydrogens (tertiary/aromatic N) is 2. The highest BCUT2D eigenvalue weighted by Crippen LogP contribution is 2.22. The van der Waals surface area contributed by atoms with Crippen molar-refractivity contribution in [3.63, 3.8) is 0 Å². The molecule has 2 rings (SSSR count). The van der Waals surface area contributed by atoms with Gasteiger partial charge in [0.2, 0.25) is 0 Å². The van der Waals surface area contributed by atoms with Crippen LogP contribution in [0.15, 0.2) is 18.3 Å². The Morgan fingerprint density at radius 1 is 1.47 bits per heavy atom. The lowest BCUT2D eigenvalue weighted by Gasteiger charge is -2.34. The van der Waals surface area contributed by atoms with Gasteiger partial charge < -0.3 is 10.2 Å². The maximum atomic E-state index is 4.55. The topological polar surface area (TPSA) is 28.2 Å². The first-order valence-electron chi connectivity index (χ1n) is 7.00. The van der Waals surface area contributed by atoms with Crippen LogP contribution in [0.5, 0.6) is 0 Å². The van der Waals surface area contributed by atoms with E-state index in [4.69, 9.17) is 0 Å².